The van der Waals surface area contributed by atoms with Gasteiger partial charge in [0.15, 0.2) is 0 Å². The number of carbonyl (C=O) groups excluding carboxylic acids is 1. The molecule has 0 radical (unpaired) electrons. The van der Waals surface area contributed by atoms with Crippen molar-refractivity contribution in [2.75, 3.05) is 0 Å². The summed E-state index contributed by atoms with van der Waals surface area (Å²) in [5.74, 6) is -1.17. The fraction of sp³-hybridized carbons (Fsp3) is 0.176. The van der Waals surface area contributed by atoms with Crippen LogP contribution in [0.15, 0.2) is 46.9 Å². The number of rotatable bonds is 5. The predicted molar refractivity (Wildman–Crippen MR) is 88.3 cm³/mol. The highest BCUT2D eigenvalue weighted by atomic mass is 79.9. The van der Waals surface area contributed by atoms with E-state index in [4.69, 9.17) is 14.6 Å². The van der Waals surface area contributed by atoms with Crippen LogP contribution in [0.5, 0.6) is 11.5 Å². The van der Waals surface area contributed by atoms with E-state index < -0.39 is 11.9 Å². The third kappa shape index (κ3) is 4.56. The average molecular weight is 379 g/mol. The maximum absolute atomic E-state index is 12.1. The van der Waals surface area contributed by atoms with Gasteiger partial charge in [-0.05, 0) is 56.3 Å². The topological polar surface area (TPSA) is 72.8 Å². The Hall–Kier alpha value is -2.34. The van der Waals surface area contributed by atoms with Crippen molar-refractivity contribution in [3.63, 3.8) is 0 Å². The van der Waals surface area contributed by atoms with Gasteiger partial charge in [-0.25, -0.2) is 9.59 Å². The minimum atomic E-state index is -1.17. The average Bonchev–Trinajstić information content (AvgIpc) is 2.49. The first-order chi connectivity index (χ1) is 10.9. The molecular weight excluding hydrogens is 364 g/mol. The molecule has 2 rings (SSSR count). The summed E-state index contributed by atoms with van der Waals surface area (Å²) in [5, 5.41) is 9.17. The number of benzene rings is 2. The molecule has 2 aromatic rings. The molecular formula is C17H15BrO5. The van der Waals surface area contributed by atoms with Gasteiger partial charge in [0.1, 0.15) is 17.1 Å². The number of carboxylic acids is 1. The molecule has 0 bridgehead atoms. The molecule has 0 aromatic heterocycles. The highest BCUT2D eigenvalue weighted by Gasteiger charge is 2.16. The van der Waals surface area contributed by atoms with Gasteiger partial charge in [-0.1, -0.05) is 15.9 Å². The van der Waals surface area contributed by atoms with Crippen molar-refractivity contribution in [3.8, 4) is 11.5 Å². The third-order valence-corrected chi connectivity index (χ3v) is 3.33. The standard InChI is InChI=1S/C17H15BrO5/c1-10(2)22-13-6-3-11(4-7-13)17(21)23-15-8-5-12(18)9-14(15)16(19)20/h3-10H,1-2H3,(H,19,20). The second kappa shape index (κ2) is 7.28. The summed E-state index contributed by atoms with van der Waals surface area (Å²) in [7, 11) is 0. The largest absolute Gasteiger partial charge is 0.491 e. The normalized spacial score (nSPS) is 10.4. The van der Waals surface area contributed by atoms with E-state index in [-0.39, 0.29) is 17.4 Å². The van der Waals surface area contributed by atoms with E-state index in [0.29, 0.717) is 15.8 Å². The monoisotopic (exact) mass is 378 g/mol. The molecule has 0 saturated carbocycles. The zero-order chi connectivity index (χ0) is 17.0. The van der Waals surface area contributed by atoms with Crippen molar-refractivity contribution in [2.45, 2.75) is 20.0 Å². The van der Waals surface area contributed by atoms with E-state index in [2.05, 4.69) is 15.9 Å². The molecule has 1 N–H and O–H groups in total. The minimum Gasteiger partial charge on any atom is -0.491 e. The van der Waals surface area contributed by atoms with E-state index in [1.165, 1.54) is 12.1 Å². The molecule has 0 heterocycles. The lowest BCUT2D eigenvalue weighted by Crippen LogP contribution is -2.12. The maximum Gasteiger partial charge on any atom is 0.343 e. The summed E-state index contributed by atoms with van der Waals surface area (Å²) in [4.78, 5) is 23.4. The highest BCUT2D eigenvalue weighted by molar-refractivity contribution is 9.10. The third-order valence-electron chi connectivity index (χ3n) is 2.84. The Balaban J connectivity index is 2.18. The lowest BCUT2D eigenvalue weighted by molar-refractivity contribution is 0.0681. The van der Waals surface area contributed by atoms with Crippen LogP contribution in [-0.4, -0.2) is 23.1 Å². The van der Waals surface area contributed by atoms with Gasteiger partial charge in [0.25, 0.3) is 0 Å². The fourth-order valence-electron chi connectivity index (χ4n) is 1.86. The number of esters is 1. The maximum atomic E-state index is 12.1. The Kier molecular flexibility index (Phi) is 5.39. The van der Waals surface area contributed by atoms with E-state index in [1.807, 2.05) is 13.8 Å². The lowest BCUT2D eigenvalue weighted by atomic mass is 10.2. The van der Waals surface area contributed by atoms with Crippen molar-refractivity contribution in [2.24, 2.45) is 0 Å². The number of carbonyl (C=O) groups is 2. The van der Waals surface area contributed by atoms with Gasteiger partial charge in [0.2, 0.25) is 0 Å². The van der Waals surface area contributed by atoms with Crippen LogP contribution >= 0.6 is 15.9 Å². The molecule has 0 aliphatic heterocycles. The Morgan fingerprint density at radius 2 is 1.74 bits per heavy atom. The van der Waals surface area contributed by atoms with Crippen LogP contribution < -0.4 is 9.47 Å². The summed E-state index contributed by atoms with van der Waals surface area (Å²) in [6.45, 7) is 3.81. The van der Waals surface area contributed by atoms with Crippen LogP contribution in [-0.2, 0) is 0 Å². The quantitative estimate of drug-likeness (QED) is 0.624. The van der Waals surface area contributed by atoms with E-state index in [9.17, 15) is 9.59 Å². The second-order valence-electron chi connectivity index (χ2n) is 5.03. The van der Waals surface area contributed by atoms with Crippen LogP contribution in [0.25, 0.3) is 0 Å². The molecule has 120 valence electrons. The van der Waals surface area contributed by atoms with Crippen LogP contribution in [0.2, 0.25) is 0 Å². The van der Waals surface area contributed by atoms with Crippen molar-refractivity contribution in [1.82, 2.24) is 0 Å². The van der Waals surface area contributed by atoms with Crippen molar-refractivity contribution < 1.29 is 24.2 Å². The molecule has 6 heteroatoms. The molecule has 0 amide bonds. The Labute approximate surface area is 142 Å². The number of hydrogen-bond acceptors (Lipinski definition) is 4. The first-order valence-electron chi connectivity index (χ1n) is 6.88. The number of ether oxygens (including phenoxy) is 2. The van der Waals surface area contributed by atoms with Gasteiger partial charge in [-0.3, -0.25) is 0 Å². The first-order valence-corrected chi connectivity index (χ1v) is 7.68. The summed E-state index contributed by atoms with van der Waals surface area (Å²) in [6.07, 6.45) is 0.0358. The molecule has 0 spiro atoms. The summed E-state index contributed by atoms with van der Waals surface area (Å²) in [5.41, 5.74) is 0.216. The van der Waals surface area contributed by atoms with Crippen molar-refractivity contribution >= 4 is 27.9 Å². The van der Waals surface area contributed by atoms with Crippen molar-refractivity contribution in [1.29, 1.82) is 0 Å². The molecule has 0 aliphatic carbocycles. The number of hydrogen-bond donors (Lipinski definition) is 1. The first kappa shape index (κ1) is 17.0. The number of carboxylic acid groups (broad SMARTS) is 1. The van der Waals surface area contributed by atoms with Gasteiger partial charge < -0.3 is 14.6 Å². The lowest BCUT2D eigenvalue weighted by Gasteiger charge is -2.10. The van der Waals surface area contributed by atoms with Crippen LogP contribution in [0.1, 0.15) is 34.6 Å². The smallest absolute Gasteiger partial charge is 0.343 e. The Morgan fingerprint density at radius 1 is 1.09 bits per heavy atom. The highest BCUT2D eigenvalue weighted by Crippen LogP contribution is 2.24. The van der Waals surface area contributed by atoms with Gasteiger partial charge in [0.05, 0.1) is 11.7 Å². The number of halogens is 1. The van der Waals surface area contributed by atoms with Gasteiger partial charge in [-0.15, -0.1) is 0 Å². The second-order valence-corrected chi connectivity index (χ2v) is 5.94. The molecule has 5 nitrogen and oxygen atoms in total. The molecule has 23 heavy (non-hydrogen) atoms. The summed E-state index contributed by atoms with van der Waals surface area (Å²) >= 11 is 3.19. The minimum absolute atomic E-state index is 0.00629. The molecule has 0 unspecified atom stereocenters. The number of aromatic carboxylic acids is 1. The summed E-state index contributed by atoms with van der Waals surface area (Å²) < 4.78 is 11.3. The van der Waals surface area contributed by atoms with Crippen LogP contribution in [0.3, 0.4) is 0 Å². The molecule has 0 saturated heterocycles. The van der Waals surface area contributed by atoms with E-state index >= 15 is 0 Å². The van der Waals surface area contributed by atoms with Gasteiger partial charge in [-0.2, -0.15) is 0 Å². The van der Waals surface area contributed by atoms with Crippen molar-refractivity contribution in [3.05, 3.63) is 58.1 Å². The Morgan fingerprint density at radius 3 is 2.30 bits per heavy atom. The fourth-order valence-corrected chi connectivity index (χ4v) is 2.22. The predicted octanol–water partition coefficient (Wildman–Crippen LogP) is 4.15. The van der Waals surface area contributed by atoms with E-state index in [0.717, 1.165) is 0 Å². The van der Waals surface area contributed by atoms with Crippen LogP contribution in [0, 0.1) is 0 Å². The summed E-state index contributed by atoms with van der Waals surface area (Å²) in [6, 6.07) is 10.9. The zero-order valence-corrected chi connectivity index (χ0v) is 14.2. The molecule has 0 aliphatic rings. The van der Waals surface area contributed by atoms with Gasteiger partial charge in [0, 0.05) is 4.47 Å². The Bertz CT molecular complexity index is 722. The van der Waals surface area contributed by atoms with Crippen LogP contribution in [0.4, 0.5) is 0 Å². The zero-order valence-electron chi connectivity index (χ0n) is 12.6. The van der Waals surface area contributed by atoms with E-state index in [1.54, 1.807) is 30.3 Å². The molecule has 2 aromatic carbocycles. The van der Waals surface area contributed by atoms with Gasteiger partial charge >= 0.3 is 11.9 Å². The molecule has 0 atom stereocenters. The molecule has 0 fully saturated rings. The SMILES string of the molecule is CC(C)Oc1ccc(C(=O)Oc2ccc(Br)cc2C(=O)O)cc1.